The van der Waals surface area contributed by atoms with Gasteiger partial charge in [-0.05, 0) is 42.3 Å². The number of carbonyl (C=O) groups excluding carboxylic acids is 1. The normalized spacial score (nSPS) is 14.8. The predicted octanol–water partition coefficient (Wildman–Crippen LogP) is 4.93. The summed E-state index contributed by atoms with van der Waals surface area (Å²) >= 11 is 9.38. The highest BCUT2D eigenvalue weighted by molar-refractivity contribution is 7.99. The first-order chi connectivity index (χ1) is 15.6. The quantitative estimate of drug-likeness (QED) is 0.432. The van der Waals surface area contributed by atoms with Crippen LogP contribution in [0.25, 0.3) is 10.2 Å². The molecule has 1 amide bonds. The lowest BCUT2D eigenvalue weighted by Crippen LogP contribution is -2.48. The summed E-state index contributed by atoms with van der Waals surface area (Å²) in [5.74, 6) is 0.889. The van der Waals surface area contributed by atoms with Crippen molar-refractivity contribution >= 4 is 56.0 Å². The van der Waals surface area contributed by atoms with Crippen molar-refractivity contribution in [2.45, 2.75) is 24.7 Å². The van der Waals surface area contributed by atoms with Gasteiger partial charge in [0.1, 0.15) is 0 Å². The molecule has 5 nitrogen and oxygen atoms in total. The van der Waals surface area contributed by atoms with Crippen molar-refractivity contribution in [1.29, 1.82) is 0 Å². The number of aromatic nitrogens is 1. The smallest absolute Gasteiger partial charge is 0.220 e. The Hall–Kier alpha value is -1.80. The molecule has 1 aliphatic heterocycles. The van der Waals surface area contributed by atoms with E-state index in [0.29, 0.717) is 13.0 Å². The summed E-state index contributed by atoms with van der Waals surface area (Å²) < 4.78 is 1.28. The Morgan fingerprint density at radius 3 is 2.69 bits per heavy atom. The van der Waals surface area contributed by atoms with Gasteiger partial charge in [0, 0.05) is 61.4 Å². The summed E-state index contributed by atoms with van der Waals surface area (Å²) in [6.07, 6.45) is 1.54. The lowest BCUT2D eigenvalue weighted by Gasteiger charge is -2.34. The fourth-order valence-electron chi connectivity index (χ4n) is 3.81. The van der Waals surface area contributed by atoms with E-state index in [9.17, 15) is 4.79 Å². The molecule has 0 radical (unpaired) electrons. The molecule has 2 aromatic carbocycles. The fourth-order valence-corrected chi connectivity index (χ4v) is 5.85. The van der Waals surface area contributed by atoms with E-state index in [0.717, 1.165) is 65.5 Å². The minimum absolute atomic E-state index is 0.117. The molecular formula is C24H29ClN4OS2. The van der Waals surface area contributed by atoms with Crippen LogP contribution in [0.15, 0.2) is 47.4 Å². The molecule has 0 spiro atoms. The van der Waals surface area contributed by atoms with Crippen molar-refractivity contribution in [3.05, 3.63) is 53.1 Å². The maximum absolute atomic E-state index is 12.1. The number of amides is 1. The number of aryl methyl sites for hydroxylation is 1. The van der Waals surface area contributed by atoms with Crippen molar-refractivity contribution in [3.8, 4) is 0 Å². The molecule has 1 saturated heterocycles. The first-order valence-electron chi connectivity index (χ1n) is 11.1. The number of piperazine rings is 1. The zero-order valence-electron chi connectivity index (χ0n) is 18.3. The molecule has 4 rings (SSSR count). The molecule has 1 N–H and O–H groups in total. The van der Waals surface area contributed by atoms with Gasteiger partial charge in [0.15, 0.2) is 5.13 Å². The number of benzene rings is 2. The number of hydrogen-bond acceptors (Lipinski definition) is 6. The standard InChI is InChI=1S/C24H29ClN4OS2/c1-2-18-4-3-5-21-23(18)27-24(32-21)29-15-13-28(14-16-29)12-11-26-22(30)10-17-31-20-8-6-19(25)7-9-20/h3-9H,2,10-17H2,1H3,(H,26,30). The van der Waals surface area contributed by atoms with E-state index >= 15 is 0 Å². The number of halogens is 1. The van der Waals surface area contributed by atoms with Crippen LogP contribution in [0.4, 0.5) is 5.13 Å². The Labute approximate surface area is 203 Å². The summed E-state index contributed by atoms with van der Waals surface area (Å²) in [5, 5.41) is 4.93. The highest BCUT2D eigenvalue weighted by Gasteiger charge is 2.20. The second-order valence-electron chi connectivity index (χ2n) is 7.84. The van der Waals surface area contributed by atoms with E-state index in [1.807, 2.05) is 24.3 Å². The molecule has 2 heterocycles. The predicted molar refractivity (Wildman–Crippen MR) is 137 cm³/mol. The first kappa shape index (κ1) is 23.4. The van der Waals surface area contributed by atoms with Gasteiger partial charge in [-0.15, -0.1) is 11.8 Å². The van der Waals surface area contributed by atoms with Gasteiger partial charge >= 0.3 is 0 Å². The van der Waals surface area contributed by atoms with Crippen LogP contribution in [0.5, 0.6) is 0 Å². The number of rotatable bonds is 9. The van der Waals surface area contributed by atoms with Crippen LogP contribution in [0, 0.1) is 0 Å². The molecule has 0 aliphatic carbocycles. The Morgan fingerprint density at radius 1 is 1.16 bits per heavy atom. The molecular weight excluding hydrogens is 460 g/mol. The monoisotopic (exact) mass is 488 g/mol. The molecule has 0 saturated carbocycles. The molecule has 0 atom stereocenters. The van der Waals surface area contributed by atoms with Crippen molar-refractivity contribution in [2.24, 2.45) is 0 Å². The van der Waals surface area contributed by atoms with Gasteiger partial charge in [-0.3, -0.25) is 9.69 Å². The number of thioether (sulfide) groups is 1. The summed E-state index contributed by atoms with van der Waals surface area (Å²) in [6.45, 7) is 7.73. The van der Waals surface area contributed by atoms with Crippen LogP contribution >= 0.6 is 34.7 Å². The van der Waals surface area contributed by atoms with Crippen molar-refractivity contribution in [3.63, 3.8) is 0 Å². The number of nitrogens with zero attached hydrogens (tertiary/aromatic N) is 3. The van der Waals surface area contributed by atoms with E-state index in [1.165, 1.54) is 10.3 Å². The molecule has 8 heteroatoms. The largest absolute Gasteiger partial charge is 0.355 e. The van der Waals surface area contributed by atoms with Gasteiger partial charge in [-0.2, -0.15) is 0 Å². The van der Waals surface area contributed by atoms with Crippen LogP contribution in [-0.2, 0) is 11.2 Å². The number of hydrogen-bond donors (Lipinski definition) is 1. The Bertz CT molecular complexity index is 1030. The lowest BCUT2D eigenvalue weighted by atomic mass is 10.1. The van der Waals surface area contributed by atoms with Crippen LogP contribution in [0.3, 0.4) is 0 Å². The van der Waals surface area contributed by atoms with Gasteiger partial charge < -0.3 is 10.2 Å². The Balaban J connectivity index is 1.15. The van der Waals surface area contributed by atoms with Crippen molar-refractivity contribution < 1.29 is 4.79 Å². The zero-order chi connectivity index (χ0) is 22.3. The average molecular weight is 489 g/mol. The molecule has 32 heavy (non-hydrogen) atoms. The summed E-state index contributed by atoms with van der Waals surface area (Å²) in [4.78, 5) is 23.0. The summed E-state index contributed by atoms with van der Waals surface area (Å²) in [5.41, 5.74) is 2.49. The lowest BCUT2D eigenvalue weighted by molar-refractivity contribution is -0.120. The van der Waals surface area contributed by atoms with Crippen LogP contribution in [0.1, 0.15) is 18.9 Å². The number of thiazole rings is 1. The highest BCUT2D eigenvalue weighted by Crippen LogP contribution is 2.31. The third kappa shape index (κ3) is 6.16. The van der Waals surface area contributed by atoms with Gasteiger partial charge in [0.2, 0.25) is 5.91 Å². The number of para-hydroxylation sites is 1. The van der Waals surface area contributed by atoms with Crippen LogP contribution < -0.4 is 10.2 Å². The maximum atomic E-state index is 12.1. The third-order valence-corrected chi connectivity index (χ3v) is 8.02. The minimum atomic E-state index is 0.117. The molecule has 3 aromatic rings. The van der Waals surface area contributed by atoms with E-state index in [1.54, 1.807) is 23.1 Å². The highest BCUT2D eigenvalue weighted by atomic mass is 35.5. The summed E-state index contributed by atoms with van der Waals surface area (Å²) in [7, 11) is 0. The van der Waals surface area contributed by atoms with Crippen LogP contribution in [0.2, 0.25) is 5.02 Å². The van der Waals surface area contributed by atoms with Gasteiger partial charge in [-0.25, -0.2) is 4.98 Å². The number of carbonyl (C=O) groups is 1. The number of anilines is 1. The fraction of sp³-hybridized carbons (Fsp3) is 0.417. The molecule has 1 fully saturated rings. The van der Waals surface area contributed by atoms with E-state index < -0.39 is 0 Å². The van der Waals surface area contributed by atoms with Gasteiger partial charge in [0.05, 0.1) is 10.2 Å². The Kier molecular flexibility index (Phi) is 8.30. The van der Waals surface area contributed by atoms with E-state index in [2.05, 4.69) is 40.2 Å². The number of nitrogens with one attached hydrogen (secondary N) is 1. The van der Waals surface area contributed by atoms with Gasteiger partial charge in [0.25, 0.3) is 0 Å². The SMILES string of the molecule is CCc1cccc2sc(N3CCN(CCNC(=O)CCSc4ccc(Cl)cc4)CC3)nc12. The maximum Gasteiger partial charge on any atom is 0.220 e. The molecule has 1 aliphatic rings. The topological polar surface area (TPSA) is 48.5 Å². The van der Waals surface area contributed by atoms with Gasteiger partial charge in [-0.1, -0.05) is 42.0 Å². The van der Waals surface area contributed by atoms with E-state index in [-0.39, 0.29) is 5.91 Å². The van der Waals surface area contributed by atoms with Crippen molar-refractivity contribution in [1.82, 2.24) is 15.2 Å². The molecule has 1 aromatic heterocycles. The van der Waals surface area contributed by atoms with Crippen LogP contribution in [-0.4, -0.2) is 60.8 Å². The zero-order valence-corrected chi connectivity index (χ0v) is 20.7. The second kappa shape index (κ2) is 11.4. The molecule has 0 unspecified atom stereocenters. The van der Waals surface area contributed by atoms with Crippen molar-refractivity contribution in [2.75, 3.05) is 49.9 Å². The average Bonchev–Trinajstić information content (AvgIpc) is 3.25. The first-order valence-corrected chi connectivity index (χ1v) is 13.3. The third-order valence-electron chi connectivity index (χ3n) is 5.68. The molecule has 0 bridgehead atoms. The molecule has 170 valence electrons. The second-order valence-corrected chi connectivity index (χ2v) is 10.5. The minimum Gasteiger partial charge on any atom is -0.355 e. The summed E-state index contributed by atoms with van der Waals surface area (Å²) in [6, 6.07) is 14.2. The Morgan fingerprint density at radius 2 is 1.94 bits per heavy atom. The number of fused-ring (bicyclic) bond motifs is 1. The van der Waals surface area contributed by atoms with E-state index in [4.69, 9.17) is 16.6 Å².